The van der Waals surface area contributed by atoms with Gasteiger partial charge in [0.2, 0.25) is 0 Å². The van der Waals surface area contributed by atoms with E-state index in [4.69, 9.17) is 23.2 Å². The van der Waals surface area contributed by atoms with E-state index in [9.17, 15) is 4.79 Å². The number of hydrogen-bond donors (Lipinski definition) is 1. The molecule has 0 radical (unpaired) electrons. The third kappa shape index (κ3) is 3.39. The number of hydrogen-bond acceptors (Lipinski definition) is 1. The summed E-state index contributed by atoms with van der Waals surface area (Å²) in [6.45, 7) is 5.94. The maximum atomic E-state index is 11.9. The van der Waals surface area contributed by atoms with E-state index in [0.29, 0.717) is 15.6 Å². The standard InChI is InChI=1S/C12H15Cl2NO/c1-4-12(2,3)15-11(16)9-7-8(13)5-6-10(9)14/h5-7H,4H2,1-3H3,(H,15,16). The summed E-state index contributed by atoms with van der Waals surface area (Å²) >= 11 is 11.8. The number of amides is 1. The normalized spacial score (nSPS) is 11.3. The first-order valence-electron chi connectivity index (χ1n) is 5.13. The van der Waals surface area contributed by atoms with Gasteiger partial charge in [0.15, 0.2) is 0 Å². The molecule has 0 aliphatic carbocycles. The Labute approximate surface area is 106 Å². The molecule has 1 N–H and O–H groups in total. The Morgan fingerprint density at radius 1 is 1.38 bits per heavy atom. The first-order valence-corrected chi connectivity index (χ1v) is 5.89. The molecule has 0 saturated heterocycles. The molecule has 1 aromatic rings. The highest BCUT2D eigenvalue weighted by atomic mass is 35.5. The monoisotopic (exact) mass is 259 g/mol. The lowest BCUT2D eigenvalue weighted by Crippen LogP contribution is -2.42. The van der Waals surface area contributed by atoms with E-state index in [1.165, 1.54) is 0 Å². The Kier molecular flexibility index (Phi) is 4.22. The average Bonchev–Trinajstić information content (AvgIpc) is 2.21. The fourth-order valence-corrected chi connectivity index (χ4v) is 1.51. The molecule has 0 aliphatic heterocycles. The molecule has 1 amide bonds. The first-order chi connectivity index (χ1) is 7.35. The summed E-state index contributed by atoms with van der Waals surface area (Å²) in [5, 5.41) is 3.82. The van der Waals surface area contributed by atoms with Gasteiger partial charge in [0.05, 0.1) is 10.6 Å². The second kappa shape index (κ2) is 5.07. The van der Waals surface area contributed by atoms with Crippen LogP contribution in [0.25, 0.3) is 0 Å². The minimum absolute atomic E-state index is 0.195. The van der Waals surface area contributed by atoms with Crippen molar-refractivity contribution in [1.82, 2.24) is 5.32 Å². The van der Waals surface area contributed by atoms with E-state index >= 15 is 0 Å². The molecule has 0 unspecified atom stereocenters. The predicted molar refractivity (Wildman–Crippen MR) is 68.3 cm³/mol. The third-order valence-electron chi connectivity index (χ3n) is 2.51. The zero-order valence-electron chi connectivity index (χ0n) is 9.60. The van der Waals surface area contributed by atoms with Crippen LogP contribution < -0.4 is 5.32 Å². The van der Waals surface area contributed by atoms with Gasteiger partial charge >= 0.3 is 0 Å². The van der Waals surface area contributed by atoms with Gasteiger partial charge in [-0.1, -0.05) is 30.1 Å². The van der Waals surface area contributed by atoms with Crippen molar-refractivity contribution in [3.8, 4) is 0 Å². The van der Waals surface area contributed by atoms with E-state index < -0.39 is 0 Å². The predicted octanol–water partition coefficient (Wildman–Crippen LogP) is 3.91. The summed E-state index contributed by atoms with van der Waals surface area (Å²) < 4.78 is 0. The van der Waals surface area contributed by atoms with Crippen LogP contribution in [0.15, 0.2) is 18.2 Å². The summed E-state index contributed by atoms with van der Waals surface area (Å²) in [7, 11) is 0. The van der Waals surface area contributed by atoms with E-state index in [-0.39, 0.29) is 11.4 Å². The molecule has 1 aromatic carbocycles. The van der Waals surface area contributed by atoms with Crippen molar-refractivity contribution in [2.24, 2.45) is 0 Å². The Hall–Kier alpha value is -0.730. The summed E-state index contributed by atoms with van der Waals surface area (Å²) in [4.78, 5) is 11.9. The van der Waals surface area contributed by atoms with Gasteiger partial charge in [-0.15, -0.1) is 0 Å². The van der Waals surface area contributed by atoms with Gasteiger partial charge < -0.3 is 5.32 Å². The van der Waals surface area contributed by atoms with E-state index in [2.05, 4.69) is 5.32 Å². The molecule has 0 aromatic heterocycles. The molecule has 0 saturated carbocycles. The number of carbonyl (C=O) groups excluding carboxylic acids is 1. The number of carbonyl (C=O) groups is 1. The van der Waals surface area contributed by atoms with Crippen molar-refractivity contribution in [1.29, 1.82) is 0 Å². The van der Waals surface area contributed by atoms with Gasteiger partial charge in [0.1, 0.15) is 0 Å². The fraction of sp³-hybridized carbons (Fsp3) is 0.417. The van der Waals surface area contributed by atoms with Crippen molar-refractivity contribution in [3.05, 3.63) is 33.8 Å². The third-order valence-corrected chi connectivity index (χ3v) is 3.07. The van der Waals surface area contributed by atoms with Crippen LogP contribution in [0.4, 0.5) is 0 Å². The molecule has 0 bridgehead atoms. The lowest BCUT2D eigenvalue weighted by Gasteiger charge is -2.24. The number of halogens is 2. The maximum absolute atomic E-state index is 11.9. The largest absolute Gasteiger partial charge is 0.347 e. The molecule has 0 spiro atoms. The zero-order valence-corrected chi connectivity index (χ0v) is 11.1. The Morgan fingerprint density at radius 2 is 2.00 bits per heavy atom. The van der Waals surface area contributed by atoms with Crippen molar-refractivity contribution in [2.75, 3.05) is 0 Å². The lowest BCUT2D eigenvalue weighted by molar-refractivity contribution is 0.0911. The van der Waals surface area contributed by atoms with Crippen LogP contribution in [0.3, 0.4) is 0 Å². The molecule has 1 rings (SSSR count). The second-order valence-electron chi connectivity index (χ2n) is 4.32. The Bertz CT molecular complexity index is 402. The summed E-state index contributed by atoms with van der Waals surface area (Å²) in [5.74, 6) is -0.195. The van der Waals surface area contributed by atoms with Crippen molar-refractivity contribution >= 4 is 29.1 Å². The molecule has 88 valence electrons. The average molecular weight is 260 g/mol. The van der Waals surface area contributed by atoms with Crippen LogP contribution in [0, 0.1) is 0 Å². The molecule has 0 heterocycles. The smallest absolute Gasteiger partial charge is 0.253 e. The molecule has 0 fully saturated rings. The molecule has 0 atom stereocenters. The number of rotatable bonds is 3. The second-order valence-corrected chi connectivity index (χ2v) is 5.16. The maximum Gasteiger partial charge on any atom is 0.253 e. The van der Waals surface area contributed by atoms with Crippen molar-refractivity contribution in [2.45, 2.75) is 32.7 Å². The zero-order chi connectivity index (χ0) is 12.3. The van der Waals surface area contributed by atoms with Crippen LogP contribution in [0.1, 0.15) is 37.6 Å². The van der Waals surface area contributed by atoms with Crippen LogP contribution in [-0.4, -0.2) is 11.4 Å². The molecule has 16 heavy (non-hydrogen) atoms. The number of benzene rings is 1. The van der Waals surface area contributed by atoms with Crippen LogP contribution in [0.2, 0.25) is 10.0 Å². The Morgan fingerprint density at radius 3 is 2.56 bits per heavy atom. The SMILES string of the molecule is CCC(C)(C)NC(=O)c1cc(Cl)ccc1Cl. The fourth-order valence-electron chi connectivity index (χ4n) is 1.13. The van der Waals surface area contributed by atoms with Gasteiger partial charge in [-0.2, -0.15) is 0 Å². The van der Waals surface area contributed by atoms with Crippen molar-refractivity contribution < 1.29 is 4.79 Å². The van der Waals surface area contributed by atoms with Crippen LogP contribution >= 0.6 is 23.2 Å². The van der Waals surface area contributed by atoms with Crippen molar-refractivity contribution in [3.63, 3.8) is 0 Å². The molecule has 0 aliphatic rings. The number of nitrogens with one attached hydrogen (secondary N) is 1. The van der Waals surface area contributed by atoms with Gasteiger partial charge in [0.25, 0.3) is 5.91 Å². The summed E-state index contributed by atoms with van der Waals surface area (Å²) in [5.41, 5.74) is 0.165. The first kappa shape index (κ1) is 13.3. The lowest BCUT2D eigenvalue weighted by atomic mass is 10.0. The van der Waals surface area contributed by atoms with Gasteiger partial charge in [-0.25, -0.2) is 0 Å². The molecular weight excluding hydrogens is 245 g/mol. The molecule has 4 heteroatoms. The summed E-state index contributed by atoms with van der Waals surface area (Å²) in [6.07, 6.45) is 0.844. The molecular formula is C12H15Cl2NO. The van der Waals surface area contributed by atoms with E-state index in [0.717, 1.165) is 6.42 Å². The van der Waals surface area contributed by atoms with E-state index in [1.54, 1.807) is 18.2 Å². The minimum atomic E-state index is -0.247. The minimum Gasteiger partial charge on any atom is -0.347 e. The highest BCUT2D eigenvalue weighted by molar-refractivity contribution is 6.35. The van der Waals surface area contributed by atoms with Crippen LogP contribution in [-0.2, 0) is 0 Å². The van der Waals surface area contributed by atoms with Crippen LogP contribution in [0.5, 0.6) is 0 Å². The van der Waals surface area contributed by atoms with Gasteiger partial charge in [0, 0.05) is 10.6 Å². The van der Waals surface area contributed by atoms with E-state index in [1.807, 2.05) is 20.8 Å². The topological polar surface area (TPSA) is 29.1 Å². The quantitative estimate of drug-likeness (QED) is 0.877. The Balaban J connectivity index is 2.93. The van der Waals surface area contributed by atoms with Gasteiger partial charge in [-0.3, -0.25) is 4.79 Å². The highest BCUT2D eigenvalue weighted by Crippen LogP contribution is 2.21. The molecule has 2 nitrogen and oxygen atoms in total. The van der Waals surface area contributed by atoms with Gasteiger partial charge in [-0.05, 0) is 38.5 Å². The summed E-state index contributed by atoms with van der Waals surface area (Å²) in [6, 6.07) is 4.86. The highest BCUT2D eigenvalue weighted by Gasteiger charge is 2.20.